The molecule has 0 spiro atoms. The Hall–Kier alpha value is -3.17. The van der Waals surface area contributed by atoms with Gasteiger partial charge in [0, 0.05) is 61.6 Å². The van der Waals surface area contributed by atoms with Crippen LogP contribution in [-0.4, -0.2) is 49.5 Å². The predicted molar refractivity (Wildman–Crippen MR) is 129 cm³/mol. The van der Waals surface area contributed by atoms with Gasteiger partial charge in [0.15, 0.2) is 11.5 Å². The number of piperazine rings is 1. The number of pyridine rings is 1. The van der Waals surface area contributed by atoms with E-state index in [1.54, 1.807) is 29.2 Å². The predicted octanol–water partition coefficient (Wildman–Crippen LogP) is 3.70. The van der Waals surface area contributed by atoms with Crippen LogP contribution in [0.2, 0.25) is 0 Å². The number of benzene rings is 1. The van der Waals surface area contributed by atoms with Crippen molar-refractivity contribution in [2.75, 3.05) is 23.3 Å². The van der Waals surface area contributed by atoms with Gasteiger partial charge < -0.3 is 19.9 Å². The lowest BCUT2D eigenvalue weighted by Crippen LogP contribution is -2.54. The highest BCUT2D eigenvalue weighted by atomic mass is 32.1. The van der Waals surface area contributed by atoms with Crippen molar-refractivity contribution >= 4 is 45.3 Å². The Labute approximate surface area is 190 Å². The first kappa shape index (κ1) is 20.7. The van der Waals surface area contributed by atoms with Crippen molar-refractivity contribution in [3.8, 4) is 0 Å². The molecule has 164 valence electrons. The number of anilines is 2. The van der Waals surface area contributed by atoms with Crippen molar-refractivity contribution in [3.63, 3.8) is 0 Å². The summed E-state index contributed by atoms with van der Waals surface area (Å²) in [4.78, 5) is 16.2. The maximum Gasteiger partial charge on any atom is 0.173 e. The van der Waals surface area contributed by atoms with E-state index in [2.05, 4.69) is 44.3 Å². The number of nitrogens with one attached hydrogen (secondary N) is 2. The largest absolute Gasteiger partial charge is 0.367 e. The van der Waals surface area contributed by atoms with Gasteiger partial charge in [-0.25, -0.2) is 9.37 Å². The molecule has 1 aliphatic heterocycles. The second kappa shape index (κ2) is 8.07. The molecule has 0 amide bonds. The summed E-state index contributed by atoms with van der Waals surface area (Å²) in [6, 6.07) is 6.18. The molecule has 1 fully saturated rings. The van der Waals surface area contributed by atoms with Crippen LogP contribution < -0.4 is 15.5 Å². The molecule has 5 rings (SSSR count). The fraction of sp³-hybridized carbons (Fsp3) is 0.304. The van der Waals surface area contributed by atoms with Gasteiger partial charge in [-0.3, -0.25) is 9.97 Å². The van der Waals surface area contributed by atoms with Crippen LogP contribution in [0.3, 0.4) is 0 Å². The standard InChI is InChI=1S/C23H24FN7S/c1-13-9-30(10-14(2)27-13)19-5-4-17(20-21(19)26-7-6-25-20)23(32)29-16-8-18(24)22-28-15(3)11-31(22)12-16/h4-8,11-14,27H,9-10H2,1-3H3,(H,29,32)/t13-,14+. The first-order chi connectivity index (χ1) is 15.4. The highest BCUT2D eigenvalue weighted by molar-refractivity contribution is 7.81. The van der Waals surface area contributed by atoms with Gasteiger partial charge in [0.25, 0.3) is 0 Å². The van der Waals surface area contributed by atoms with E-state index in [9.17, 15) is 4.39 Å². The third-order valence-corrected chi connectivity index (χ3v) is 5.95. The van der Waals surface area contributed by atoms with E-state index in [1.807, 2.05) is 19.1 Å². The van der Waals surface area contributed by atoms with Crippen molar-refractivity contribution in [2.24, 2.45) is 0 Å². The van der Waals surface area contributed by atoms with Crippen LogP contribution in [0, 0.1) is 12.7 Å². The molecule has 0 aliphatic carbocycles. The third-order valence-electron chi connectivity index (χ3n) is 5.63. The molecule has 2 atom stereocenters. The van der Waals surface area contributed by atoms with Gasteiger partial charge in [0.05, 0.1) is 17.1 Å². The molecule has 1 saturated heterocycles. The molecule has 1 aliphatic rings. The van der Waals surface area contributed by atoms with E-state index in [4.69, 9.17) is 12.2 Å². The number of hydrogen-bond donors (Lipinski definition) is 2. The molecular weight excluding hydrogens is 425 g/mol. The summed E-state index contributed by atoms with van der Waals surface area (Å²) in [6.45, 7) is 7.98. The molecule has 32 heavy (non-hydrogen) atoms. The summed E-state index contributed by atoms with van der Waals surface area (Å²) in [5.41, 5.74) is 4.91. The van der Waals surface area contributed by atoms with Gasteiger partial charge in [-0.2, -0.15) is 0 Å². The Morgan fingerprint density at radius 2 is 1.84 bits per heavy atom. The highest BCUT2D eigenvalue weighted by Crippen LogP contribution is 2.29. The van der Waals surface area contributed by atoms with Crippen LogP contribution in [0.1, 0.15) is 25.1 Å². The SMILES string of the molecule is Cc1cn2cc(NC(=S)c3ccc(N4C[C@@H](C)N[C@@H](C)C4)c4nccnc34)cc(F)c2n1. The molecule has 0 saturated carbocycles. The Kier molecular flexibility index (Phi) is 5.22. The number of hydrogen-bond acceptors (Lipinski definition) is 6. The number of thiocarbonyl (C=S) groups is 1. The number of aryl methyl sites for hydroxylation is 1. The molecule has 0 unspecified atom stereocenters. The van der Waals surface area contributed by atoms with E-state index < -0.39 is 5.82 Å². The molecule has 1 aromatic carbocycles. The number of fused-ring (bicyclic) bond motifs is 2. The van der Waals surface area contributed by atoms with Gasteiger partial charge in [-0.05, 0) is 32.9 Å². The first-order valence-electron chi connectivity index (χ1n) is 10.6. The zero-order valence-electron chi connectivity index (χ0n) is 18.1. The van der Waals surface area contributed by atoms with E-state index in [-0.39, 0.29) is 0 Å². The zero-order valence-corrected chi connectivity index (χ0v) is 18.9. The number of nitrogens with zero attached hydrogens (tertiary/aromatic N) is 5. The minimum absolute atomic E-state index is 0.291. The van der Waals surface area contributed by atoms with E-state index >= 15 is 0 Å². The fourth-order valence-electron chi connectivity index (χ4n) is 4.45. The van der Waals surface area contributed by atoms with Gasteiger partial charge in [0.2, 0.25) is 0 Å². The van der Waals surface area contributed by atoms with E-state index in [0.717, 1.165) is 41.1 Å². The summed E-state index contributed by atoms with van der Waals surface area (Å²) in [7, 11) is 0. The molecule has 0 bridgehead atoms. The van der Waals surface area contributed by atoms with Crippen molar-refractivity contribution in [2.45, 2.75) is 32.9 Å². The molecule has 4 aromatic rings. The van der Waals surface area contributed by atoms with Crippen molar-refractivity contribution in [1.29, 1.82) is 0 Å². The van der Waals surface area contributed by atoms with Crippen LogP contribution in [0.5, 0.6) is 0 Å². The van der Waals surface area contributed by atoms with Crippen molar-refractivity contribution < 1.29 is 4.39 Å². The first-order valence-corrected chi connectivity index (χ1v) is 11.0. The van der Waals surface area contributed by atoms with Crippen LogP contribution >= 0.6 is 12.2 Å². The number of imidazole rings is 1. The third kappa shape index (κ3) is 3.78. The summed E-state index contributed by atoms with van der Waals surface area (Å²) in [5.74, 6) is -0.409. The van der Waals surface area contributed by atoms with Crippen molar-refractivity contribution in [1.82, 2.24) is 24.7 Å². The monoisotopic (exact) mass is 449 g/mol. The maximum absolute atomic E-state index is 14.5. The highest BCUT2D eigenvalue weighted by Gasteiger charge is 2.24. The smallest absolute Gasteiger partial charge is 0.173 e. The molecular formula is C23H24FN7S. The van der Waals surface area contributed by atoms with E-state index in [1.165, 1.54) is 6.07 Å². The van der Waals surface area contributed by atoms with Crippen LogP contribution in [-0.2, 0) is 0 Å². The van der Waals surface area contributed by atoms with Gasteiger partial charge in [0.1, 0.15) is 16.0 Å². The second-order valence-corrected chi connectivity index (χ2v) is 8.81. The van der Waals surface area contributed by atoms with Gasteiger partial charge in [-0.1, -0.05) is 12.2 Å². The number of halogens is 1. The molecule has 2 N–H and O–H groups in total. The Morgan fingerprint density at radius 1 is 1.12 bits per heavy atom. The number of rotatable bonds is 3. The minimum atomic E-state index is -0.409. The van der Waals surface area contributed by atoms with E-state index in [0.29, 0.717) is 28.4 Å². The summed E-state index contributed by atoms with van der Waals surface area (Å²) in [5, 5.41) is 6.71. The lowest BCUT2D eigenvalue weighted by atomic mass is 10.1. The average molecular weight is 450 g/mol. The molecule has 0 radical (unpaired) electrons. The Balaban J connectivity index is 1.50. The molecule has 9 heteroatoms. The van der Waals surface area contributed by atoms with Gasteiger partial charge in [-0.15, -0.1) is 0 Å². The Morgan fingerprint density at radius 3 is 2.59 bits per heavy atom. The molecule has 3 aromatic heterocycles. The van der Waals surface area contributed by atoms with Crippen LogP contribution in [0.25, 0.3) is 16.7 Å². The lowest BCUT2D eigenvalue weighted by Gasteiger charge is -2.38. The maximum atomic E-state index is 14.5. The summed E-state index contributed by atoms with van der Waals surface area (Å²) in [6.07, 6.45) is 6.92. The summed E-state index contributed by atoms with van der Waals surface area (Å²) >= 11 is 5.69. The van der Waals surface area contributed by atoms with Gasteiger partial charge >= 0.3 is 0 Å². The second-order valence-electron chi connectivity index (χ2n) is 8.40. The van der Waals surface area contributed by atoms with Crippen molar-refractivity contribution in [3.05, 3.63) is 60.1 Å². The average Bonchev–Trinajstić information content (AvgIpc) is 3.13. The fourth-order valence-corrected chi connectivity index (χ4v) is 4.73. The summed E-state index contributed by atoms with van der Waals surface area (Å²) < 4.78 is 16.1. The van der Waals surface area contributed by atoms with Crippen LogP contribution in [0.15, 0.2) is 43.0 Å². The topological polar surface area (TPSA) is 70.4 Å². The lowest BCUT2D eigenvalue weighted by molar-refractivity contribution is 0.407. The molecule has 4 heterocycles. The molecule has 7 nitrogen and oxygen atoms in total. The zero-order chi connectivity index (χ0) is 22.4. The normalized spacial score (nSPS) is 18.9. The Bertz CT molecular complexity index is 1320. The minimum Gasteiger partial charge on any atom is -0.367 e. The number of aromatic nitrogens is 4. The van der Waals surface area contributed by atoms with Crippen LogP contribution in [0.4, 0.5) is 15.8 Å². The quantitative estimate of drug-likeness (QED) is 0.462.